The molecule has 0 aliphatic carbocycles. The standard InChI is InChI=1S/C16H18N4OS/c1-17-16(21)13-11-19-15(22-13)7-5-12-4-6-14(18-10-12)20-8-2-3-9-20/h4-7,10-11H,2-3,8-9H2,1H3,(H,17,21)/b7-5+. The summed E-state index contributed by atoms with van der Waals surface area (Å²) in [4.78, 5) is 23.1. The second-order valence-corrected chi connectivity index (χ2v) is 6.18. The lowest BCUT2D eigenvalue weighted by Crippen LogP contribution is -2.18. The SMILES string of the molecule is CNC(=O)c1cnc(/C=C/c2ccc(N3CCCC3)nc2)s1. The Kier molecular flexibility index (Phi) is 4.48. The van der Waals surface area contributed by atoms with Crippen LogP contribution in [-0.4, -0.2) is 36.0 Å². The van der Waals surface area contributed by atoms with E-state index >= 15 is 0 Å². The third-order valence-electron chi connectivity index (χ3n) is 3.59. The highest BCUT2D eigenvalue weighted by Gasteiger charge is 2.12. The Labute approximate surface area is 133 Å². The fourth-order valence-corrected chi connectivity index (χ4v) is 3.16. The van der Waals surface area contributed by atoms with Crippen molar-refractivity contribution in [1.29, 1.82) is 0 Å². The van der Waals surface area contributed by atoms with Crippen molar-refractivity contribution in [2.45, 2.75) is 12.8 Å². The molecule has 22 heavy (non-hydrogen) atoms. The minimum Gasteiger partial charge on any atom is -0.357 e. The molecule has 1 aliphatic heterocycles. The van der Waals surface area contributed by atoms with Crippen LogP contribution in [0.2, 0.25) is 0 Å². The van der Waals surface area contributed by atoms with Crippen molar-refractivity contribution in [1.82, 2.24) is 15.3 Å². The van der Waals surface area contributed by atoms with Gasteiger partial charge in [0, 0.05) is 26.3 Å². The number of carbonyl (C=O) groups excluding carboxylic acids is 1. The molecule has 1 amide bonds. The maximum atomic E-state index is 11.5. The van der Waals surface area contributed by atoms with Gasteiger partial charge >= 0.3 is 0 Å². The van der Waals surface area contributed by atoms with E-state index in [1.807, 2.05) is 18.3 Å². The van der Waals surface area contributed by atoms with Gasteiger partial charge in [-0.25, -0.2) is 9.97 Å². The van der Waals surface area contributed by atoms with Crippen LogP contribution in [0.5, 0.6) is 0 Å². The Morgan fingerprint density at radius 1 is 1.23 bits per heavy atom. The number of nitrogens with one attached hydrogen (secondary N) is 1. The minimum atomic E-state index is -0.103. The third-order valence-corrected chi connectivity index (χ3v) is 4.55. The van der Waals surface area contributed by atoms with Crippen molar-refractivity contribution < 1.29 is 4.79 Å². The fourth-order valence-electron chi connectivity index (χ4n) is 2.39. The number of thiazole rings is 1. The van der Waals surface area contributed by atoms with Crippen LogP contribution in [-0.2, 0) is 0 Å². The van der Waals surface area contributed by atoms with Gasteiger partial charge in [-0.15, -0.1) is 11.3 Å². The number of rotatable bonds is 4. The molecular weight excluding hydrogens is 296 g/mol. The molecule has 0 spiro atoms. The van der Waals surface area contributed by atoms with Crippen molar-refractivity contribution in [3.8, 4) is 0 Å². The number of nitrogens with zero attached hydrogens (tertiary/aromatic N) is 3. The summed E-state index contributed by atoms with van der Waals surface area (Å²) >= 11 is 1.37. The van der Waals surface area contributed by atoms with Crippen LogP contribution in [0.3, 0.4) is 0 Å². The fraction of sp³-hybridized carbons (Fsp3) is 0.312. The van der Waals surface area contributed by atoms with Crippen LogP contribution >= 0.6 is 11.3 Å². The topological polar surface area (TPSA) is 58.1 Å². The Morgan fingerprint density at radius 3 is 2.73 bits per heavy atom. The largest absolute Gasteiger partial charge is 0.357 e. The van der Waals surface area contributed by atoms with E-state index in [2.05, 4.69) is 32.3 Å². The lowest BCUT2D eigenvalue weighted by molar-refractivity contribution is 0.0967. The van der Waals surface area contributed by atoms with Gasteiger partial charge in [0.15, 0.2) is 0 Å². The Bertz CT molecular complexity index is 672. The molecule has 1 N–H and O–H groups in total. The Hall–Kier alpha value is -2.21. The molecule has 0 radical (unpaired) electrons. The summed E-state index contributed by atoms with van der Waals surface area (Å²) in [7, 11) is 1.62. The Balaban J connectivity index is 1.67. The lowest BCUT2D eigenvalue weighted by Gasteiger charge is -2.15. The summed E-state index contributed by atoms with van der Waals surface area (Å²) in [5.74, 6) is 0.944. The first-order valence-electron chi connectivity index (χ1n) is 7.33. The van der Waals surface area contributed by atoms with E-state index in [4.69, 9.17) is 0 Å². The molecule has 6 heteroatoms. The van der Waals surface area contributed by atoms with Crippen molar-refractivity contribution >= 4 is 35.2 Å². The predicted molar refractivity (Wildman–Crippen MR) is 90.1 cm³/mol. The van der Waals surface area contributed by atoms with E-state index in [-0.39, 0.29) is 5.91 Å². The highest BCUT2D eigenvalue weighted by molar-refractivity contribution is 7.14. The van der Waals surface area contributed by atoms with Crippen LogP contribution in [0.1, 0.15) is 33.1 Å². The van der Waals surface area contributed by atoms with Crippen LogP contribution in [0.4, 0.5) is 5.82 Å². The van der Waals surface area contributed by atoms with Crippen LogP contribution < -0.4 is 10.2 Å². The van der Waals surface area contributed by atoms with E-state index < -0.39 is 0 Å². The first kappa shape index (κ1) is 14.7. The molecule has 1 fully saturated rings. The highest BCUT2D eigenvalue weighted by Crippen LogP contribution is 2.19. The second kappa shape index (κ2) is 6.70. The number of anilines is 1. The van der Waals surface area contributed by atoms with Crippen molar-refractivity contribution in [3.05, 3.63) is 40.0 Å². The summed E-state index contributed by atoms with van der Waals surface area (Å²) in [5.41, 5.74) is 1.03. The zero-order valence-electron chi connectivity index (χ0n) is 12.5. The molecule has 1 aliphatic rings. The monoisotopic (exact) mass is 314 g/mol. The zero-order valence-corrected chi connectivity index (χ0v) is 13.3. The van der Waals surface area contributed by atoms with Gasteiger partial charge < -0.3 is 10.2 Å². The number of amides is 1. The average molecular weight is 314 g/mol. The normalized spacial score (nSPS) is 14.7. The molecule has 5 nitrogen and oxygen atoms in total. The lowest BCUT2D eigenvalue weighted by atomic mass is 10.2. The molecule has 2 aromatic heterocycles. The molecule has 0 unspecified atom stereocenters. The number of hydrogen-bond acceptors (Lipinski definition) is 5. The molecule has 2 aromatic rings. The van der Waals surface area contributed by atoms with Crippen molar-refractivity contribution in [3.63, 3.8) is 0 Å². The molecule has 0 atom stereocenters. The molecule has 114 valence electrons. The summed E-state index contributed by atoms with van der Waals surface area (Å²) in [6, 6.07) is 4.12. The van der Waals surface area contributed by atoms with Crippen molar-refractivity contribution in [2.24, 2.45) is 0 Å². The van der Waals surface area contributed by atoms with Gasteiger partial charge in [0.1, 0.15) is 15.7 Å². The van der Waals surface area contributed by atoms with Crippen LogP contribution in [0, 0.1) is 0 Å². The molecule has 3 rings (SSSR count). The first-order valence-corrected chi connectivity index (χ1v) is 8.15. The van der Waals surface area contributed by atoms with E-state index in [1.54, 1.807) is 13.2 Å². The van der Waals surface area contributed by atoms with Gasteiger partial charge in [-0.2, -0.15) is 0 Å². The third kappa shape index (κ3) is 3.33. The van der Waals surface area contributed by atoms with Gasteiger partial charge in [0.2, 0.25) is 0 Å². The van der Waals surface area contributed by atoms with E-state index in [9.17, 15) is 4.79 Å². The van der Waals surface area contributed by atoms with E-state index in [1.165, 1.54) is 24.2 Å². The minimum absolute atomic E-state index is 0.103. The number of aromatic nitrogens is 2. The van der Waals surface area contributed by atoms with Gasteiger partial charge in [0.25, 0.3) is 5.91 Å². The maximum absolute atomic E-state index is 11.5. The molecule has 1 saturated heterocycles. The molecule has 0 bridgehead atoms. The summed E-state index contributed by atoms with van der Waals surface area (Å²) in [5, 5.41) is 3.40. The predicted octanol–water partition coefficient (Wildman–Crippen LogP) is 2.67. The zero-order chi connectivity index (χ0) is 15.4. The smallest absolute Gasteiger partial charge is 0.262 e. The van der Waals surface area contributed by atoms with Gasteiger partial charge in [-0.3, -0.25) is 4.79 Å². The van der Waals surface area contributed by atoms with Gasteiger partial charge in [0.05, 0.1) is 6.20 Å². The number of hydrogen-bond donors (Lipinski definition) is 1. The van der Waals surface area contributed by atoms with Crippen LogP contribution in [0.25, 0.3) is 12.2 Å². The van der Waals surface area contributed by atoms with Crippen LogP contribution in [0.15, 0.2) is 24.5 Å². The molecule has 3 heterocycles. The first-order chi connectivity index (χ1) is 10.8. The summed E-state index contributed by atoms with van der Waals surface area (Å²) in [6.45, 7) is 2.20. The van der Waals surface area contributed by atoms with E-state index in [0.717, 1.165) is 29.5 Å². The second-order valence-electron chi connectivity index (χ2n) is 5.12. The molecule has 0 saturated carbocycles. The van der Waals surface area contributed by atoms with E-state index in [0.29, 0.717) is 4.88 Å². The van der Waals surface area contributed by atoms with Gasteiger partial charge in [-0.05, 0) is 36.6 Å². The number of pyridine rings is 1. The van der Waals surface area contributed by atoms with Gasteiger partial charge in [-0.1, -0.05) is 6.08 Å². The quantitative estimate of drug-likeness (QED) is 0.942. The Morgan fingerprint density at radius 2 is 2.05 bits per heavy atom. The van der Waals surface area contributed by atoms with Crippen molar-refractivity contribution in [2.75, 3.05) is 25.0 Å². The number of carbonyl (C=O) groups is 1. The highest BCUT2D eigenvalue weighted by atomic mass is 32.1. The maximum Gasteiger partial charge on any atom is 0.262 e. The average Bonchev–Trinajstić information content (AvgIpc) is 3.24. The summed E-state index contributed by atoms with van der Waals surface area (Å²) in [6.07, 6.45) is 9.84. The molecule has 0 aromatic carbocycles. The summed E-state index contributed by atoms with van der Waals surface area (Å²) < 4.78 is 0. The molecular formula is C16H18N4OS.